The molecule has 0 saturated heterocycles. The van der Waals surface area contributed by atoms with Crippen molar-refractivity contribution in [2.45, 2.75) is 6.92 Å². The van der Waals surface area contributed by atoms with Gasteiger partial charge in [0.2, 0.25) is 0 Å². The Bertz CT molecular complexity index is 437. The molecule has 62 valence electrons. The predicted octanol–water partition coefficient (Wildman–Crippen LogP) is 2.34. The molecule has 12 heavy (non-hydrogen) atoms. The second-order valence-corrected chi connectivity index (χ2v) is 4.78. The van der Waals surface area contributed by atoms with Crippen LogP contribution in [0.5, 0.6) is 0 Å². The SMILES string of the molecule is Cc1c(Br)sc2c(N)ncnc12. The highest BCUT2D eigenvalue weighted by Crippen LogP contribution is 2.35. The molecule has 0 bridgehead atoms. The molecule has 2 aromatic heterocycles. The number of fused-ring (bicyclic) bond motifs is 1. The van der Waals surface area contributed by atoms with Crippen LogP contribution in [0.3, 0.4) is 0 Å². The molecule has 2 N–H and O–H groups in total. The molecule has 2 rings (SSSR count). The summed E-state index contributed by atoms with van der Waals surface area (Å²) in [6.45, 7) is 2.01. The number of nitrogen functional groups attached to an aromatic ring is 1. The summed E-state index contributed by atoms with van der Waals surface area (Å²) in [5.74, 6) is 0.554. The summed E-state index contributed by atoms with van der Waals surface area (Å²) in [6, 6.07) is 0. The maximum absolute atomic E-state index is 5.68. The van der Waals surface area contributed by atoms with Gasteiger partial charge in [0.05, 0.1) is 14.0 Å². The molecule has 2 aromatic rings. The van der Waals surface area contributed by atoms with Crippen LogP contribution in [0.2, 0.25) is 0 Å². The van der Waals surface area contributed by atoms with Crippen molar-refractivity contribution in [2.24, 2.45) is 0 Å². The number of nitrogens with two attached hydrogens (primary N) is 1. The lowest BCUT2D eigenvalue weighted by atomic mass is 10.3. The van der Waals surface area contributed by atoms with E-state index in [2.05, 4.69) is 25.9 Å². The van der Waals surface area contributed by atoms with Gasteiger partial charge in [-0.15, -0.1) is 11.3 Å². The smallest absolute Gasteiger partial charge is 0.144 e. The van der Waals surface area contributed by atoms with Gasteiger partial charge in [-0.2, -0.15) is 0 Å². The van der Waals surface area contributed by atoms with Crippen molar-refractivity contribution in [1.29, 1.82) is 0 Å². The number of aromatic nitrogens is 2. The molecule has 0 saturated carbocycles. The molecule has 0 aliphatic heterocycles. The van der Waals surface area contributed by atoms with E-state index in [9.17, 15) is 0 Å². The number of thiophene rings is 1. The number of halogens is 1. The van der Waals surface area contributed by atoms with Crippen molar-refractivity contribution in [1.82, 2.24) is 9.97 Å². The lowest BCUT2D eigenvalue weighted by molar-refractivity contribution is 1.23. The topological polar surface area (TPSA) is 51.8 Å². The highest BCUT2D eigenvalue weighted by atomic mass is 79.9. The molecule has 0 aliphatic rings. The second-order valence-electron chi connectivity index (χ2n) is 2.44. The minimum atomic E-state index is 0.554. The minimum Gasteiger partial charge on any atom is -0.382 e. The van der Waals surface area contributed by atoms with Crippen LogP contribution in [0.15, 0.2) is 10.1 Å². The molecule has 3 nitrogen and oxygen atoms in total. The van der Waals surface area contributed by atoms with Crippen molar-refractivity contribution < 1.29 is 0 Å². The Labute approximate surface area is 81.8 Å². The molecule has 0 unspecified atom stereocenters. The van der Waals surface area contributed by atoms with Gasteiger partial charge in [0.1, 0.15) is 12.1 Å². The standard InChI is InChI=1S/C7H6BrN3S/c1-3-4-5(12-6(3)8)7(9)11-2-10-4/h2H,1H3,(H2,9,10,11). The van der Waals surface area contributed by atoms with Crippen LogP contribution >= 0.6 is 27.3 Å². The number of nitrogens with zero attached hydrogens (tertiary/aromatic N) is 2. The van der Waals surface area contributed by atoms with E-state index in [0.29, 0.717) is 5.82 Å². The molecule has 0 atom stereocenters. The van der Waals surface area contributed by atoms with E-state index in [4.69, 9.17) is 5.73 Å². The number of rotatable bonds is 0. The van der Waals surface area contributed by atoms with Crippen LogP contribution in [-0.4, -0.2) is 9.97 Å². The van der Waals surface area contributed by atoms with Crippen LogP contribution in [0, 0.1) is 6.92 Å². The molecule has 0 radical (unpaired) electrons. The zero-order valence-corrected chi connectivity index (χ0v) is 8.74. The Kier molecular flexibility index (Phi) is 1.77. The highest BCUT2D eigenvalue weighted by Gasteiger charge is 2.09. The molecule has 0 amide bonds. The van der Waals surface area contributed by atoms with Gasteiger partial charge in [-0.05, 0) is 22.9 Å². The van der Waals surface area contributed by atoms with Gasteiger partial charge in [0.15, 0.2) is 0 Å². The van der Waals surface area contributed by atoms with Crippen molar-refractivity contribution in [3.05, 3.63) is 15.7 Å². The normalized spacial score (nSPS) is 10.8. The average Bonchev–Trinajstić information content (AvgIpc) is 2.32. The Morgan fingerprint density at radius 1 is 1.50 bits per heavy atom. The van der Waals surface area contributed by atoms with Crippen LogP contribution in [0.4, 0.5) is 5.82 Å². The predicted molar refractivity (Wildman–Crippen MR) is 54.3 cm³/mol. The maximum atomic E-state index is 5.68. The van der Waals surface area contributed by atoms with Gasteiger partial charge in [-0.1, -0.05) is 0 Å². The first-order chi connectivity index (χ1) is 5.70. The number of anilines is 1. The van der Waals surface area contributed by atoms with Gasteiger partial charge >= 0.3 is 0 Å². The molecule has 0 spiro atoms. The molecule has 0 aliphatic carbocycles. The van der Waals surface area contributed by atoms with E-state index in [-0.39, 0.29) is 0 Å². The van der Waals surface area contributed by atoms with E-state index in [1.807, 2.05) is 6.92 Å². The van der Waals surface area contributed by atoms with Crippen LogP contribution < -0.4 is 5.73 Å². The largest absolute Gasteiger partial charge is 0.382 e. The summed E-state index contributed by atoms with van der Waals surface area (Å²) in [5.41, 5.74) is 7.75. The van der Waals surface area contributed by atoms with Crippen LogP contribution in [0.1, 0.15) is 5.56 Å². The molecular formula is C7H6BrN3S. The van der Waals surface area contributed by atoms with E-state index in [0.717, 1.165) is 19.6 Å². The summed E-state index contributed by atoms with van der Waals surface area (Å²) >= 11 is 5.01. The van der Waals surface area contributed by atoms with Crippen molar-refractivity contribution in [3.8, 4) is 0 Å². The number of hydrogen-bond acceptors (Lipinski definition) is 4. The van der Waals surface area contributed by atoms with E-state index in [1.165, 1.54) is 6.33 Å². The van der Waals surface area contributed by atoms with Crippen LogP contribution in [-0.2, 0) is 0 Å². The van der Waals surface area contributed by atoms with Gasteiger partial charge in [0.25, 0.3) is 0 Å². The van der Waals surface area contributed by atoms with Crippen molar-refractivity contribution in [2.75, 3.05) is 5.73 Å². The van der Waals surface area contributed by atoms with Gasteiger partial charge in [0, 0.05) is 5.56 Å². The minimum absolute atomic E-state index is 0.554. The first kappa shape index (κ1) is 7.94. The zero-order chi connectivity index (χ0) is 8.72. The third-order valence-electron chi connectivity index (χ3n) is 1.67. The van der Waals surface area contributed by atoms with E-state index >= 15 is 0 Å². The monoisotopic (exact) mass is 243 g/mol. The average molecular weight is 244 g/mol. The molecule has 2 heterocycles. The molecule has 0 fully saturated rings. The molecule has 0 aromatic carbocycles. The quantitative estimate of drug-likeness (QED) is 0.773. The van der Waals surface area contributed by atoms with E-state index < -0.39 is 0 Å². The second kappa shape index (κ2) is 2.67. The number of hydrogen-bond donors (Lipinski definition) is 1. The fourth-order valence-corrected chi connectivity index (χ4v) is 2.58. The Hall–Kier alpha value is -0.680. The zero-order valence-electron chi connectivity index (χ0n) is 6.34. The summed E-state index contributed by atoms with van der Waals surface area (Å²) < 4.78 is 2.03. The summed E-state index contributed by atoms with van der Waals surface area (Å²) in [4.78, 5) is 8.07. The first-order valence-corrected chi connectivity index (χ1v) is 4.96. The summed E-state index contributed by atoms with van der Waals surface area (Å²) in [7, 11) is 0. The third kappa shape index (κ3) is 1.01. The van der Waals surface area contributed by atoms with Crippen molar-refractivity contribution >= 4 is 43.3 Å². The first-order valence-electron chi connectivity index (χ1n) is 3.35. The van der Waals surface area contributed by atoms with Gasteiger partial charge in [-0.25, -0.2) is 9.97 Å². The Balaban J connectivity index is 2.95. The summed E-state index contributed by atoms with van der Waals surface area (Å²) in [6.07, 6.45) is 1.49. The molecule has 5 heteroatoms. The van der Waals surface area contributed by atoms with Gasteiger partial charge < -0.3 is 5.73 Å². The highest BCUT2D eigenvalue weighted by molar-refractivity contribution is 9.11. The molecular weight excluding hydrogens is 238 g/mol. The Morgan fingerprint density at radius 2 is 2.25 bits per heavy atom. The summed E-state index contributed by atoms with van der Waals surface area (Å²) in [5, 5.41) is 0. The van der Waals surface area contributed by atoms with E-state index in [1.54, 1.807) is 11.3 Å². The Morgan fingerprint density at radius 3 is 2.92 bits per heavy atom. The van der Waals surface area contributed by atoms with Crippen molar-refractivity contribution in [3.63, 3.8) is 0 Å². The third-order valence-corrected chi connectivity index (χ3v) is 3.85. The lowest BCUT2D eigenvalue weighted by Crippen LogP contribution is -1.90. The fraction of sp³-hybridized carbons (Fsp3) is 0.143. The van der Waals surface area contributed by atoms with Gasteiger partial charge in [-0.3, -0.25) is 0 Å². The maximum Gasteiger partial charge on any atom is 0.144 e. The number of aryl methyl sites for hydroxylation is 1. The lowest BCUT2D eigenvalue weighted by Gasteiger charge is -1.92. The fourth-order valence-electron chi connectivity index (χ4n) is 1.01. The van der Waals surface area contributed by atoms with Crippen LogP contribution in [0.25, 0.3) is 10.2 Å².